The monoisotopic (exact) mass is 389 g/mol. The Hall–Kier alpha value is -2.15. The number of hydrogen-bond donors (Lipinski definition) is 1. The van der Waals surface area contributed by atoms with E-state index >= 15 is 0 Å². The van der Waals surface area contributed by atoms with E-state index in [0.717, 1.165) is 22.6 Å². The number of aliphatic hydroxyl groups excluding tert-OH is 1. The number of rotatable bonds is 8. The van der Waals surface area contributed by atoms with E-state index in [2.05, 4.69) is 4.90 Å². The van der Waals surface area contributed by atoms with Gasteiger partial charge in [0.05, 0.1) is 18.3 Å². The second-order valence-corrected chi connectivity index (χ2v) is 8.06. The van der Waals surface area contributed by atoms with E-state index in [9.17, 15) is 9.50 Å². The third-order valence-electron chi connectivity index (χ3n) is 4.34. The summed E-state index contributed by atoms with van der Waals surface area (Å²) in [5.41, 5.74) is 1.72. The van der Waals surface area contributed by atoms with Crippen molar-refractivity contribution < 1.29 is 23.7 Å². The van der Waals surface area contributed by atoms with Crippen LogP contribution in [0, 0.1) is 5.82 Å². The molecule has 1 aliphatic heterocycles. The van der Waals surface area contributed by atoms with Crippen LogP contribution in [0.25, 0.3) is 0 Å². The summed E-state index contributed by atoms with van der Waals surface area (Å²) in [6.07, 6.45) is -0.631. The second kappa shape index (κ2) is 8.90. The normalized spacial score (nSPS) is 14.5. The maximum atomic E-state index is 13.2. The van der Waals surface area contributed by atoms with Crippen molar-refractivity contribution in [1.82, 2.24) is 4.90 Å². The molecule has 1 N–H and O–H groups in total. The maximum absolute atomic E-state index is 13.2. The number of fused-ring (bicyclic) bond motifs is 1. The van der Waals surface area contributed by atoms with Crippen molar-refractivity contribution in [2.45, 2.75) is 45.6 Å². The second-order valence-electron chi connectivity index (χ2n) is 8.06. The Morgan fingerprint density at radius 3 is 2.39 bits per heavy atom. The molecule has 1 atom stereocenters. The SMILES string of the molecule is CC(C)(C)OC[C@@H](O)CN(Cc1ccc(F)cc1)Cc1ccc2c(c1)OCO2. The smallest absolute Gasteiger partial charge is 0.231 e. The van der Waals surface area contributed by atoms with E-state index in [-0.39, 0.29) is 24.8 Å². The van der Waals surface area contributed by atoms with Crippen molar-refractivity contribution in [3.8, 4) is 11.5 Å². The topological polar surface area (TPSA) is 51.2 Å². The van der Waals surface area contributed by atoms with Gasteiger partial charge in [-0.1, -0.05) is 18.2 Å². The molecule has 0 fully saturated rings. The third-order valence-corrected chi connectivity index (χ3v) is 4.34. The Labute approximate surface area is 165 Å². The van der Waals surface area contributed by atoms with Gasteiger partial charge in [-0.25, -0.2) is 4.39 Å². The maximum Gasteiger partial charge on any atom is 0.231 e. The average Bonchev–Trinajstić information content (AvgIpc) is 3.09. The van der Waals surface area contributed by atoms with Gasteiger partial charge in [-0.3, -0.25) is 4.90 Å². The van der Waals surface area contributed by atoms with Crippen LogP contribution in [0.15, 0.2) is 42.5 Å². The number of ether oxygens (including phenoxy) is 3. The summed E-state index contributed by atoms with van der Waals surface area (Å²) >= 11 is 0. The van der Waals surface area contributed by atoms with Crippen molar-refractivity contribution in [1.29, 1.82) is 0 Å². The predicted octanol–water partition coefficient (Wildman–Crippen LogP) is 3.73. The highest BCUT2D eigenvalue weighted by Crippen LogP contribution is 2.33. The predicted molar refractivity (Wildman–Crippen MR) is 105 cm³/mol. The van der Waals surface area contributed by atoms with Crippen LogP contribution in [0.5, 0.6) is 11.5 Å². The van der Waals surface area contributed by atoms with Gasteiger partial charge in [0.1, 0.15) is 5.82 Å². The molecule has 0 aliphatic carbocycles. The highest BCUT2D eigenvalue weighted by Gasteiger charge is 2.19. The quantitative estimate of drug-likeness (QED) is 0.746. The van der Waals surface area contributed by atoms with Crippen LogP contribution in [0.3, 0.4) is 0 Å². The minimum absolute atomic E-state index is 0.237. The third kappa shape index (κ3) is 6.19. The fourth-order valence-electron chi connectivity index (χ4n) is 3.03. The van der Waals surface area contributed by atoms with Gasteiger partial charge in [-0.05, 0) is 56.2 Å². The molecule has 0 radical (unpaired) electrons. The Balaban J connectivity index is 1.69. The van der Waals surface area contributed by atoms with Gasteiger partial charge in [0.15, 0.2) is 11.5 Å². The Morgan fingerprint density at radius 2 is 1.68 bits per heavy atom. The average molecular weight is 389 g/mol. The molecule has 0 amide bonds. The summed E-state index contributed by atoms with van der Waals surface area (Å²) in [7, 11) is 0. The summed E-state index contributed by atoms with van der Waals surface area (Å²) in [4.78, 5) is 2.11. The molecule has 0 unspecified atom stereocenters. The lowest BCUT2D eigenvalue weighted by Gasteiger charge is -2.27. The zero-order valence-electron chi connectivity index (χ0n) is 16.7. The van der Waals surface area contributed by atoms with Crippen LogP contribution < -0.4 is 9.47 Å². The van der Waals surface area contributed by atoms with E-state index in [1.165, 1.54) is 12.1 Å². The van der Waals surface area contributed by atoms with Crippen LogP contribution in [0.1, 0.15) is 31.9 Å². The van der Waals surface area contributed by atoms with Crippen molar-refractivity contribution in [2.24, 2.45) is 0 Å². The fraction of sp³-hybridized carbons (Fsp3) is 0.455. The molecule has 6 heteroatoms. The first kappa shape index (κ1) is 20.6. The summed E-state index contributed by atoms with van der Waals surface area (Å²) in [6.45, 7) is 8.00. The van der Waals surface area contributed by atoms with Crippen LogP contribution in [0.2, 0.25) is 0 Å². The van der Waals surface area contributed by atoms with Crippen molar-refractivity contribution in [3.05, 3.63) is 59.4 Å². The first-order chi connectivity index (χ1) is 13.3. The van der Waals surface area contributed by atoms with E-state index in [1.807, 2.05) is 39.0 Å². The lowest BCUT2D eigenvalue weighted by atomic mass is 10.1. The van der Waals surface area contributed by atoms with Crippen LogP contribution in [-0.2, 0) is 17.8 Å². The van der Waals surface area contributed by atoms with E-state index < -0.39 is 6.10 Å². The lowest BCUT2D eigenvalue weighted by Crippen LogP contribution is -2.36. The molecule has 0 spiro atoms. The molecule has 1 aliphatic rings. The first-order valence-corrected chi connectivity index (χ1v) is 9.46. The minimum Gasteiger partial charge on any atom is -0.454 e. The largest absolute Gasteiger partial charge is 0.454 e. The molecule has 0 bridgehead atoms. The van der Waals surface area contributed by atoms with Gasteiger partial charge in [-0.15, -0.1) is 0 Å². The van der Waals surface area contributed by atoms with Gasteiger partial charge in [0, 0.05) is 19.6 Å². The fourth-order valence-corrected chi connectivity index (χ4v) is 3.03. The lowest BCUT2D eigenvalue weighted by molar-refractivity contribution is -0.0572. The minimum atomic E-state index is -0.631. The molecule has 0 saturated carbocycles. The van der Waals surface area contributed by atoms with Gasteiger partial charge < -0.3 is 19.3 Å². The summed E-state index contributed by atoms with van der Waals surface area (Å²) in [5.74, 6) is 1.22. The van der Waals surface area contributed by atoms with Crippen LogP contribution in [0.4, 0.5) is 4.39 Å². The molecule has 2 aromatic carbocycles. The van der Waals surface area contributed by atoms with Gasteiger partial charge in [-0.2, -0.15) is 0 Å². The molecule has 5 nitrogen and oxygen atoms in total. The Bertz CT molecular complexity index is 773. The molecule has 3 rings (SSSR count). The van der Waals surface area contributed by atoms with Crippen molar-refractivity contribution in [2.75, 3.05) is 19.9 Å². The molecule has 0 saturated heterocycles. The standard InChI is InChI=1S/C22H28FNO4/c1-22(2,3)28-14-19(25)13-24(11-16-4-7-18(23)8-5-16)12-17-6-9-20-21(10-17)27-15-26-20/h4-10,19,25H,11-15H2,1-3H3/t19-/m0/s1. The van der Waals surface area contributed by atoms with Crippen LogP contribution >= 0.6 is 0 Å². The number of halogens is 1. The van der Waals surface area contributed by atoms with E-state index in [1.54, 1.807) is 12.1 Å². The Kier molecular flexibility index (Phi) is 6.54. The zero-order chi connectivity index (χ0) is 20.1. The van der Waals surface area contributed by atoms with Crippen molar-refractivity contribution >= 4 is 0 Å². The highest BCUT2D eigenvalue weighted by molar-refractivity contribution is 5.44. The van der Waals surface area contributed by atoms with Gasteiger partial charge in [0.25, 0.3) is 0 Å². The molecule has 0 aromatic heterocycles. The van der Waals surface area contributed by atoms with Gasteiger partial charge >= 0.3 is 0 Å². The summed E-state index contributed by atoms with van der Waals surface area (Å²) in [6, 6.07) is 12.3. The first-order valence-electron chi connectivity index (χ1n) is 9.46. The van der Waals surface area contributed by atoms with Crippen LogP contribution in [-0.4, -0.2) is 41.7 Å². The molecule has 1 heterocycles. The molecule has 2 aromatic rings. The molecular formula is C22H28FNO4. The van der Waals surface area contributed by atoms with Gasteiger partial charge in [0.2, 0.25) is 6.79 Å². The van der Waals surface area contributed by atoms with E-state index in [4.69, 9.17) is 14.2 Å². The number of aliphatic hydroxyl groups is 1. The highest BCUT2D eigenvalue weighted by atomic mass is 19.1. The number of hydrogen-bond acceptors (Lipinski definition) is 5. The molecule has 152 valence electrons. The zero-order valence-corrected chi connectivity index (χ0v) is 16.7. The molecule has 28 heavy (non-hydrogen) atoms. The molecular weight excluding hydrogens is 361 g/mol. The Morgan fingerprint density at radius 1 is 1.04 bits per heavy atom. The number of nitrogens with zero attached hydrogens (tertiary/aromatic N) is 1. The summed E-state index contributed by atoms with van der Waals surface area (Å²) < 4.78 is 29.8. The van der Waals surface area contributed by atoms with Crippen molar-refractivity contribution in [3.63, 3.8) is 0 Å². The van der Waals surface area contributed by atoms with E-state index in [0.29, 0.717) is 19.6 Å². The summed E-state index contributed by atoms with van der Waals surface area (Å²) in [5, 5.41) is 10.5. The number of benzene rings is 2.